The Balaban J connectivity index is 1.72. The number of carbonyl (C=O) groups is 2. The predicted molar refractivity (Wildman–Crippen MR) is 143 cm³/mol. The molecule has 11 heteroatoms. The van der Waals surface area contributed by atoms with Crippen LogP contribution in [-0.4, -0.2) is 22.0 Å². The summed E-state index contributed by atoms with van der Waals surface area (Å²) in [6, 6.07) is 21.3. The van der Waals surface area contributed by atoms with E-state index in [4.69, 9.17) is 11.6 Å². The van der Waals surface area contributed by atoms with Crippen molar-refractivity contribution in [2.24, 2.45) is 0 Å². The average Bonchev–Trinajstić information content (AvgIpc) is 3.17. The van der Waals surface area contributed by atoms with Crippen molar-refractivity contribution < 1.29 is 14.5 Å². The highest BCUT2D eigenvalue weighted by molar-refractivity contribution is 9.10. The molecule has 1 N–H and O–H groups in total. The minimum atomic E-state index is -0.707. The van der Waals surface area contributed by atoms with E-state index in [1.807, 2.05) is 6.07 Å². The monoisotopic (exact) mass is 582 g/mol. The number of hydrogen-bond donors (Lipinski definition) is 1. The van der Waals surface area contributed by atoms with Crippen LogP contribution in [0.2, 0.25) is 5.02 Å². The first-order chi connectivity index (χ1) is 17.3. The van der Waals surface area contributed by atoms with Crippen LogP contribution in [0.5, 0.6) is 0 Å². The quantitative estimate of drug-likeness (QED) is 0.163. The maximum Gasteiger partial charge on any atom is 0.269 e. The maximum absolute atomic E-state index is 13.5. The van der Waals surface area contributed by atoms with Crippen molar-refractivity contribution in [3.8, 4) is 6.07 Å². The predicted octanol–water partition coefficient (Wildman–Crippen LogP) is 6.08. The maximum atomic E-state index is 13.5. The summed E-state index contributed by atoms with van der Waals surface area (Å²) in [4.78, 5) is 38.6. The van der Waals surface area contributed by atoms with Gasteiger partial charge < -0.3 is 5.32 Å². The normalized spacial score (nSPS) is 16.4. The van der Waals surface area contributed by atoms with Gasteiger partial charge in [-0.2, -0.15) is 5.26 Å². The number of carbonyl (C=O) groups excluding carboxylic acids is 2. The zero-order valence-corrected chi connectivity index (χ0v) is 21.5. The highest BCUT2D eigenvalue weighted by Gasteiger charge is 2.41. The minimum absolute atomic E-state index is 0.0835. The number of rotatable bonds is 6. The highest BCUT2D eigenvalue weighted by atomic mass is 79.9. The van der Waals surface area contributed by atoms with Gasteiger partial charge in [-0.1, -0.05) is 51.4 Å². The fourth-order valence-corrected chi connectivity index (χ4v) is 5.25. The Morgan fingerprint density at radius 1 is 1.17 bits per heavy atom. The van der Waals surface area contributed by atoms with Gasteiger partial charge in [-0.05, 0) is 60.5 Å². The van der Waals surface area contributed by atoms with Gasteiger partial charge >= 0.3 is 0 Å². The number of hydrogen-bond acceptors (Lipinski definition) is 6. The molecule has 3 aromatic carbocycles. The molecule has 1 atom stereocenters. The molecule has 0 aliphatic carbocycles. The molecule has 1 saturated heterocycles. The highest BCUT2D eigenvalue weighted by Crippen LogP contribution is 2.42. The molecular formula is C25H16BrClN4O4S. The Hall–Kier alpha value is -3.65. The number of nitro benzene ring substituents is 1. The second kappa shape index (κ2) is 11.0. The summed E-state index contributed by atoms with van der Waals surface area (Å²) in [5.41, 5.74) is 1.20. The summed E-state index contributed by atoms with van der Waals surface area (Å²) in [6.45, 7) is 0. The molecule has 0 radical (unpaired) electrons. The molecule has 36 heavy (non-hydrogen) atoms. The molecule has 2 amide bonds. The van der Waals surface area contributed by atoms with E-state index in [9.17, 15) is 25.0 Å². The van der Waals surface area contributed by atoms with E-state index in [1.165, 1.54) is 17.0 Å². The van der Waals surface area contributed by atoms with Crippen molar-refractivity contribution in [3.63, 3.8) is 0 Å². The van der Waals surface area contributed by atoms with Gasteiger partial charge in [0.1, 0.15) is 16.7 Å². The number of halogens is 2. The molecular weight excluding hydrogens is 568 g/mol. The molecule has 8 nitrogen and oxygen atoms in total. The van der Waals surface area contributed by atoms with E-state index in [1.54, 1.807) is 60.7 Å². The topological polar surface area (TPSA) is 116 Å². The van der Waals surface area contributed by atoms with Crippen molar-refractivity contribution in [2.45, 2.75) is 11.7 Å². The molecule has 1 unspecified atom stereocenters. The van der Waals surface area contributed by atoms with Crippen molar-refractivity contribution in [1.29, 1.82) is 5.26 Å². The first-order valence-electron chi connectivity index (χ1n) is 10.5. The van der Waals surface area contributed by atoms with Crippen molar-refractivity contribution in [1.82, 2.24) is 0 Å². The average molecular weight is 584 g/mol. The third-order valence-electron chi connectivity index (χ3n) is 5.23. The standard InChI is InChI=1S/C25H16BrClN4O4S/c26-16-4-8-18(9-5-16)29-23(32)21(14-28)25-30(19-10-6-17(27)7-11-19)24(33)22(36-25)13-15-2-1-3-20(12-15)31(34)35/h1-12,22H,13H2,(H,29,32)/b25-21-. The Morgan fingerprint density at radius 2 is 1.86 bits per heavy atom. The first kappa shape index (κ1) is 25.4. The van der Waals surface area contributed by atoms with Crippen LogP contribution in [0, 0.1) is 21.4 Å². The van der Waals surface area contributed by atoms with E-state index in [-0.39, 0.29) is 28.6 Å². The van der Waals surface area contributed by atoms with Gasteiger partial charge in [-0.25, -0.2) is 0 Å². The van der Waals surface area contributed by atoms with E-state index in [0.717, 1.165) is 16.2 Å². The number of thioether (sulfide) groups is 1. The Labute approximate surface area is 223 Å². The Bertz CT molecular complexity index is 1420. The second-order valence-electron chi connectivity index (χ2n) is 7.64. The summed E-state index contributed by atoms with van der Waals surface area (Å²) in [7, 11) is 0. The molecule has 1 heterocycles. The number of nitro groups is 1. The number of benzene rings is 3. The van der Waals surface area contributed by atoms with Crippen LogP contribution >= 0.6 is 39.3 Å². The Kier molecular flexibility index (Phi) is 7.74. The Morgan fingerprint density at radius 3 is 2.50 bits per heavy atom. The molecule has 4 rings (SSSR count). The lowest BCUT2D eigenvalue weighted by Crippen LogP contribution is -2.30. The van der Waals surface area contributed by atoms with Gasteiger partial charge in [0.25, 0.3) is 11.6 Å². The number of non-ortho nitro benzene ring substituents is 1. The second-order valence-corrected chi connectivity index (χ2v) is 10.2. The number of nitrogens with zero attached hydrogens (tertiary/aromatic N) is 3. The molecule has 0 bridgehead atoms. The van der Waals surface area contributed by atoms with Crippen LogP contribution < -0.4 is 10.2 Å². The fourth-order valence-electron chi connectivity index (χ4n) is 3.55. The van der Waals surface area contributed by atoms with Crippen LogP contribution in [0.1, 0.15) is 5.56 Å². The van der Waals surface area contributed by atoms with Crippen LogP contribution in [0.15, 0.2) is 87.9 Å². The lowest BCUT2D eigenvalue weighted by Gasteiger charge is -2.19. The molecule has 0 saturated carbocycles. The summed E-state index contributed by atoms with van der Waals surface area (Å²) in [5.74, 6) is -1.02. The van der Waals surface area contributed by atoms with Crippen LogP contribution in [-0.2, 0) is 16.0 Å². The lowest BCUT2D eigenvalue weighted by atomic mass is 10.1. The smallest absolute Gasteiger partial charge is 0.269 e. The summed E-state index contributed by atoms with van der Waals surface area (Å²) in [6.07, 6.45) is 0.172. The third-order valence-corrected chi connectivity index (χ3v) is 7.28. The van der Waals surface area contributed by atoms with E-state index >= 15 is 0 Å². The molecule has 3 aromatic rings. The summed E-state index contributed by atoms with van der Waals surface area (Å²) in [5, 5.41) is 23.7. The number of amides is 2. The van der Waals surface area contributed by atoms with Crippen LogP contribution in [0.3, 0.4) is 0 Å². The molecule has 180 valence electrons. The molecule has 0 spiro atoms. The minimum Gasteiger partial charge on any atom is -0.321 e. The zero-order valence-electron chi connectivity index (χ0n) is 18.4. The van der Waals surface area contributed by atoms with Crippen molar-refractivity contribution >= 4 is 68.2 Å². The summed E-state index contributed by atoms with van der Waals surface area (Å²) < 4.78 is 0.828. The van der Waals surface area contributed by atoms with Gasteiger partial charge in [-0.3, -0.25) is 24.6 Å². The zero-order chi connectivity index (χ0) is 25.8. The van der Waals surface area contributed by atoms with E-state index < -0.39 is 16.1 Å². The van der Waals surface area contributed by atoms with Gasteiger partial charge in [-0.15, -0.1) is 0 Å². The number of nitriles is 1. The van der Waals surface area contributed by atoms with Crippen LogP contribution in [0.4, 0.5) is 17.1 Å². The molecule has 0 aromatic heterocycles. The molecule has 1 fully saturated rings. The first-order valence-corrected chi connectivity index (χ1v) is 12.5. The van der Waals surface area contributed by atoms with E-state index in [2.05, 4.69) is 21.2 Å². The SMILES string of the molecule is N#C/C(C(=O)Nc1ccc(Br)cc1)=C1/SC(Cc2cccc([N+](=O)[O-])c2)C(=O)N1c1ccc(Cl)cc1. The van der Waals surface area contributed by atoms with Crippen molar-refractivity contribution in [3.05, 3.63) is 109 Å². The molecule has 1 aliphatic rings. The van der Waals surface area contributed by atoms with Crippen LogP contribution in [0.25, 0.3) is 0 Å². The van der Waals surface area contributed by atoms with Crippen molar-refractivity contribution in [2.75, 3.05) is 10.2 Å². The molecule has 1 aliphatic heterocycles. The number of nitrogens with one attached hydrogen (secondary N) is 1. The van der Waals surface area contributed by atoms with Gasteiger partial charge in [0.15, 0.2) is 0 Å². The van der Waals surface area contributed by atoms with Gasteiger partial charge in [0, 0.05) is 33.0 Å². The lowest BCUT2D eigenvalue weighted by molar-refractivity contribution is -0.384. The van der Waals surface area contributed by atoms with Gasteiger partial charge in [0.05, 0.1) is 10.2 Å². The van der Waals surface area contributed by atoms with E-state index in [0.29, 0.717) is 22.0 Å². The largest absolute Gasteiger partial charge is 0.321 e. The van der Waals surface area contributed by atoms with Gasteiger partial charge in [0.2, 0.25) is 5.91 Å². The fraction of sp³-hybridized carbons (Fsp3) is 0.0800. The summed E-state index contributed by atoms with van der Waals surface area (Å²) >= 11 is 10.4. The third kappa shape index (κ3) is 5.60. The number of anilines is 2.